The van der Waals surface area contributed by atoms with Gasteiger partial charge in [-0.1, -0.05) is 26.4 Å². The molecule has 0 bridgehead atoms. The van der Waals surface area contributed by atoms with Crippen LogP contribution in [0.25, 0.3) is 0 Å². The highest BCUT2D eigenvalue weighted by atomic mass is 28.2. The number of hydrogen-bond donors (Lipinski definition) is 0. The summed E-state index contributed by atoms with van der Waals surface area (Å²) in [5, 5.41) is 0. The lowest BCUT2D eigenvalue weighted by molar-refractivity contribution is 1.02. The fourth-order valence-corrected chi connectivity index (χ4v) is 1.30. The SMILES string of the molecule is CCCC=[Si](C)C. The average molecular weight is 114 g/mol. The van der Waals surface area contributed by atoms with E-state index in [2.05, 4.69) is 25.7 Å². The molecule has 0 aliphatic heterocycles. The first-order valence-electron chi connectivity index (χ1n) is 2.90. The highest BCUT2D eigenvalue weighted by molar-refractivity contribution is 6.63. The van der Waals surface area contributed by atoms with Gasteiger partial charge in [-0.15, -0.1) is 5.67 Å². The average Bonchev–Trinajstić information content (AvgIpc) is 1.61. The van der Waals surface area contributed by atoms with Crippen LogP contribution < -0.4 is 0 Å². The second-order valence-electron chi connectivity index (χ2n) is 2.07. The second kappa shape index (κ2) is 4.25. The maximum atomic E-state index is 2.45. The molecule has 0 unspecified atom stereocenters. The quantitative estimate of drug-likeness (QED) is 0.481. The highest BCUT2D eigenvalue weighted by Gasteiger charge is 1.74. The van der Waals surface area contributed by atoms with Crippen molar-refractivity contribution in [3.05, 3.63) is 0 Å². The van der Waals surface area contributed by atoms with Gasteiger partial charge in [-0.05, 0) is 14.8 Å². The van der Waals surface area contributed by atoms with Crippen LogP contribution in [0.15, 0.2) is 0 Å². The van der Waals surface area contributed by atoms with Crippen molar-refractivity contribution in [3.8, 4) is 0 Å². The van der Waals surface area contributed by atoms with Crippen LogP contribution in [0.4, 0.5) is 0 Å². The first kappa shape index (κ1) is 7.09. The van der Waals surface area contributed by atoms with Crippen molar-refractivity contribution in [1.29, 1.82) is 0 Å². The Morgan fingerprint density at radius 3 is 2.14 bits per heavy atom. The molecule has 0 aliphatic carbocycles. The number of hydrogen-bond acceptors (Lipinski definition) is 0. The minimum atomic E-state index is -0.0223. The molecular formula is C6H14Si. The van der Waals surface area contributed by atoms with E-state index >= 15 is 0 Å². The van der Waals surface area contributed by atoms with Gasteiger partial charge in [-0.25, -0.2) is 0 Å². The van der Waals surface area contributed by atoms with Gasteiger partial charge < -0.3 is 0 Å². The first-order chi connectivity index (χ1) is 3.27. The van der Waals surface area contributed by atoms with Gasteiger partial charge in [0.15, 0.2) is 0 Å². The standard InChI is InChI=1S/C6H14Si/c1-4-5-6-7(2)3/h6H,4-5H2,1-3H3. The lowest BCUT2D eigenvalue weighted by Gasteiger charge is -1.83. The van der Waals surface area contributed by atoms with Gasteiger partial charge in [0.05, 0.1) is 0 Å². The monoisotopic (exact) mass is 114 g/mol. The van der Waals surface area contributed by atoms with E-state index in [4.69, 9.17) is 0 Å². The summed E-state index contributed by atoms with van der Waals surface area (Å²) in [5.74, 6) is 0. The third-order valence-electron chi connectivity index (χ3n) is 0.841. The molecular weight excluding hydrogens is 100 g/mol. The molecule has 0 saturated heterocycles. The van der Waals surface area contributed by atoms with Crippen molar-refractivity contribution < 1.29 is 0 Å². The Labute approximate surface area is 47.8 Å². The Bertz CT molecular complexity index is 60.6. The summed E-state index contributed by atoms with van der Waals surface area (Å²) < 4.78 is 0. The van der Waals surface area contributed by atoms with Gasteiger partial charge in [-0.2, -0.15) is 0 Å². The molecule has 0 nitrogen and oxygen atoms in total. The van der Waals surface area contributed by atoms with Crippen LogP contribution in [0.1, 0.15) is 19.8 Å². The zero-order valence-electron chi connectivity index (χ0n) is 5.49. The smallest absolute Gasteiger partial charge is 0.00133 e. The minimum absolute atomic E-state index is 0.0223. The summed E-state index contributed by atoms with van der Waals surface area (Å²) in [6.45, 7) is 6.86. The van der Waals surface area contributed by atoms with E-state index in [1.165, 1.54) is 12.8 Å². The Morgan fingerprint density at radius 2 is 2.00 bits per heavy atom. The summed E-state index contributed by atoms with van der Waals surface area (Å²) in [4.78, 5) is 0. The Hall–Kier alpha value is 0.0869. The molecule has 0 rings (SSSR count). The highest BCUT2D eigenvalue weighted by Crippen LogP contribution is 1.79. The molecule has 0 aromatic heterocycles. The normalized spacial score (nSPS) is 8.43. The van der Waals surface area contributed by atoms with Gasteiger partial charge in [0.2, 0.25) is 0 Å². The van der Waals surface area contributed by atoms with E-state index in [1.807, 2.05) is 0 Å². The maximum Gasteiger partial charge on any atom is -0.00133 e. The van der Waals surface area contributed by atoms with E-state index in [1.54, 1.807) is 0 Å². The lowest BCUT2D eigenvalue weighted by Crippen LogP contribution is -1.89. The maximum absolute atomic E-state index is 2.45. The van der Waals surface area contributed by atoms with Crippen LogP contribution >= 0.6 is 0 Å². The summed E-state index contributed by atoms with van der Waals surface area (Å²) in [7, 11) is -0.0223. The Morgan fingerprint density at radius 1 is 1.43 bits per heavy atom. The van der Waals surface area contributed by atoms with E-state index in [0.717, 1.165) is 0 Å². The molecule has 0 heterocycles. The largest absolute Gasteiger partial charge is 0.104 e. The van der Waals surface area contributed by atoms with Crippen molar-refractivity contribution in [2.45, 2.75) is 32.9 Å². The van der Waals surface area contributed by atoms with Crippen molar-refractivity contribution >= 4 is 14.1 Å². The van der Waals surface area contributed by atoms with Gasteiger partial charge in [0, 0.05) is 0 Å². The Kier molecular flexibility index (Phi) is 4.30. The summed E-state index contributed by atoms with van der Waals surface area (Å²) in [6.07, 6.45) is 2.64. The van der Waals surface area contributed by atoms with Gasteiger partial charge in [0.1, 0.15) is 0 Å². The van der Waals surface area contributed by atoms with Crippen LogP contribution in [-0.2, 0) is 0 Å². The minimum Gasteiger partial charge on any atom is -0.104 e. The molecule has 0 saturated carbocycles. The molecule has 0 atom stereocenters. The van der Waals surface area contributed by atoms with Gasteiger partial charge in [0.25, 0.3) is 0 Å². The third-order valence-corrected chi connectivity index (χ3v) is 1.95. The van der Waals surface area contributed by atoms with Crippen LogP contribution in [-0.4, -0.2) is 14.1 Å². The molecule has 0 aromatic carbocycles. The molecule has 0 radical (unpaired) electrons. The molecule has 0 aliphatic rings. The van der Waals surface area contributed by atoms with Crippen molar-refractivity contribution in [2.24, 2.45) is 0 Å². The van der Waals surface area contributed by atoms with Crippen molar-refractivity contribution in [1.82, 2.24) is 0 Å². The zero-order valence-corrected chi connectivity index (χ0v) is 6.49. The fraction of sp³-hybridized carbons (Fsp3) is 0.833. The predicted molar refractivity (Wildman–Crippen MR) is 38.5 cm³/mol. The molecule has 0 aromatic rings. The first-order valence-corrected chi connectivity index (χ1v) is 5.48. The van der Waals surface area contributed by atoms with Crippen LogP contribution in [0.5, 0.6) is 0 Å². The van der Waals surface area contributed by atoms with Crippen molar-refractivity contribution in [3.63, 3.8) is 0 Å². The van der Waals surface area contributed by atoms with Crippen LogP contribution in [0.3, 0.4) is 0 Å². The fourth-order valence-electron chi connectivity index (χ4n) is 0.433. The molecule has 0 N–H and O–H groups in total. The summed E-state index contributed by atoms with van der Waals surface area (Å²) in [5.41, 5.74) is 2.45. The second-order valence-corrected chi connectivity index (χ2v) is 4.63. The molecule has 0 amide bonds. The molecule has 7 heavy (non-hydrogen) atoms. The zero-order chi connectivity index (χ0) is 5.70. The van der Waals surface area contributed by atoms with E-state index in [9.17, 15) is 0 Å². The molecule has 0 spiro atoms. The number of rotatable bonds is 2. The van der Waals surface area contributed by atoms with Gasteiger partial charge >= 0.3 is 0 Å². The number of unbranched alkanes of at least 4 members (excludes halogenated alkanes) is 1. The summed E-state index contributed by atoms with van der Waals surface area (Å²) in [6, 6.07) is 0. The topological polar surface area (TPSA) is 0 Å². The molecule has 42 valence electrons. The predicted octanol–water partition coefficient (Wildman–Crippen LogP) is 1.92. The molecule has 0 fully saturated rings. The lowest BCUT2D eigenvalue weighted by atomic mass is 10.4. The van der Waals surface area contributed by atoms with E-state index in [-0.39, 0.29) is 8.41 Å². The third kappa shape index (κ3) is 6.09. The molecule has 1 heteroatoms. The summed E-state index contributed by atoms with van der Waals surface area (Å²) >= 11 is 0. The van der Waals surface area contributed by atoms with Gasteiger partial charge in [-0.3, -0.25) is 0 Å². The van der Waals surface area contributed by atoms with E-state index in [0.29, 0.717) is 0 Å². The van der Waals surface area contributed by atoms with Crippen molar-refractivity contribution in [2.75, 3.05) is 0 Å². The Balaban J connectivity index is 3.08. The van der Waals surface area contributed by atoms with E-state index < -0.39 is 0 Å². The van der Waals surface area contributed by atoms with Crippen LogP contribution in [0.2, 0.25) is 13.1 Å². The van der Waals surface area contributed by atoms with Crippen LogP contribution in [0, 0.1) is 0 Å².